The molecule has 15 heteroatoms. The van der Waals surface area contributed by atoms with Gasteiger partial charge in [0.05, 0.1) is 34.7 Å². The van der Waals surface area contributed by atoms with Gasteiger partial charge < -0.3 is 0 Å². The summed E-state index contributed by atoms with van der Waals surface area (Å²) < 4.78 is 9.02. The van der Waals surface area contributed by atoms with E-state index in [4.69, 9.17) is 0 Å². The molecular formula is C109H127N9P6. The van der Waals surface area contributed by atoms with E-state index >= 15 is 0 Å². The average molecular weight is 1750 g/mol. The van der Waals surface area contributed by atoms with Gasteiger partial charge in [0, 0.05) is 98.8 Å². The van der Waals surface area contributed by atoms with Gasteiger partial charge in [-0.3, -0.25) is 4.44 Å². The van der Waals surface area contributed by atoms with Crippen LogP contribution in [0.15, 0.2) is 322 Å². The highest BCUT2D eigenvalue weighted by Crippen LogP contribution is 2.80. The predicted octanol–water partition coefficient (Wildman–Crippen LogP) is 27.5. The number of hydrogen-bond donors (Lipinski definition) is 0. The zero-order chi connectivity index (χ0) is 85.3. The van der Waals surface area contributed by atoms with Gasteiger partial charge in [0.15, 0.2) is 0 Å². The number of rotatable bonds is 24. The average Bonchev–Trinajstić information content (AvgIpc) is 1.58. The highest BCUT2D eigenvalue weighted by atomic mass is 31.2. The van der Waals surface area contributed by atoms with Crippen LogP contribution in [-0.2, 0) is 0 Å². The Morgan fingerprint density at radius 3 is 0.952 bits per heavy atom. The van der Waals surface area contributed by atoms with Gasteiger partial charge in [0.2, 0.25) is 0 Å². The molecule has 19 rings (SSSR count). The highest BCUT2D eigenvalue weighted by molar-refractivity contribution is 7.80. The third kappa shape index (κ3) is 19.3. The smallest absolute Gasteiger partial charge is 0.0847 e. The summed E-state index contributed by atoms with van der Waals surface area (Å²) in [7, 11) is -3.88. The molecule has 0 N–H and O–H groups in total. The molecule has 13 aromatic rings. The van der Waals surface area contributed by atoms with E-state index in [0.29, 0.717) is 40.7 Å². The van der Waals surface area contributed by atoms with Crippen LogP contribution in [0.3, 0.4) is 0 Å². The first-order chi connectivity index (χ1) is 60.7. The van der Waals surface area contributed by atoms with Crippen molar-refractivity contribution in [2.24, 2.45) is 0 Å². The van der Waals surface area contributed by atoms with E-state index in [-0.39, 0.29) is 0 Å². The Morgan fingerprint density at radius 2 is 0.581 bits per heavy atom. The zero-order valence-corrected chi connectivity index (χ0v) is 80.2. The molecule has 0 aromatic heterocycles. The van der Waals surface area contributed by atoms with E-state index < -0.39 is 48.4 Å². The van der Waals surface area contributed by atoms with E-state index in [0.717, 1.165) is 52.4 Å². The third-order valence-electron chi connectivity index (χ3n) is 25.6. The molecule has 0 aliphatic carbocycles. The molecule has 6 heterocycles. The number of nitrogens with zero attached hydrogens (tertiary/aromatic N) is 9. The van der Waals surface area contributed by atoms with Gasteiger partial charge in [-0.15, -0.1) is 0 Å². The molecule has 124 heavy (non-hydrogen) atoms. The highest BCUT2D eigenvalue weighted by Gasteiger charge is 2.57. The molecule has 1 unspecified atom stereocenters. The minimum Gasteiger partial charge on any atom is -0.253 e. The summed E-state index contributed by atoms with van der Waals surface area (Å²) in [6.07, 6.45) is 11.1. The number of hydrazine groups is 3. The molecular weight excluding hydrogens is 1620 g/mol. The number of hydrogen-bond acceptors (Lipinski definition) is 9. The summed E-state index contributed by atoms with van der Waals surface area (Å²) >= 11 is 0. The van der Waals surface area contributed by atoms with Gasteiger partial charge >= 0.3 is 0 Å². The monoisotopic (exact) mass is 1750 g/mol. The molecule has 6 saturated heterocycles. The standard InChI is InChI=1S/C37H41N3P2.C37H45N3P2.C35H41N3P2/c1-3-4-26-40(41(2)35-18-6-5-7-19-35)42-36(33-22-20-29-14-8-10-16-31(29)27-33)38-24-12-13-25-39(38)37(42)34-23-21-30-15-9-11-17-32(30)28-34;1-27(2)40(41(34-23-28(3)21-29(4)24-34)35-25-30(5)22-31(6)26-35)42-36(32-15-9-7-10-16-32)38-19-13-14-20-39(38)37(42)33-17-11-8-12-18-33;1-4-5-27-38(39(32-13-8-6-9-14-32)33-15-10-7-11-16-33)40-34(30-21-17-28(2)18-22-30)36-25-12-26-37(36)35(40)31-23-19-29(3)20-24-31/h5-11,14-23,27-28,36-37H,3-4,12-13,24-26H2,1-2H3;7-12,15-18,21-27,36-37H,13-14,19-20H2,1-6H3;6-11,13-24,34-35H,4-5,12,25-27H2,1-3H3/t36-,37-,41?;36-,37-;34-,35-/m111/s1. The second-order valence-corrected chi connectivity index (χ2v) is 49.0. The van der Waals surface area contributed by atoms with Crippen molar-refractivity contribution >= 4 is 96.5 Å². The largest absolute Gasteiger partial charge is 0.253 e. The number of unbranched alkanes of at least 4 members (excludes halogenated alkanes) is 2. The fourth-order valence-corrected chi connectivity index (χ4v) is 41.6. The van der Waals surface area contributed by atoms with Crippen LogP contribution in [0, 0.1) is 41.5 Å². The second-order valence-electron chi connectivity index (χ2n) is 35.1. The molecule has 6 fully saturated rings. The van der Waals surface area contributed by atoms with Gasteiger partial charge in [0.25, 0.3) is 0 Å². The molecule has 0 amide bonds. The van der Waals surface area contributed by atoms with Crippen LogP contribution < -0.4 is 26.5 Å². The van der Waals surface area contributed by atoms with Gasteiger partial charge in [-0.1, -0.05) is 345 Å². The number of aryl methyl sites for hydroxylation is 6. The van der Waals surface area contributed by atoms with Crippen molar-refractivity contribution in [2.45, 2.75) is 168 Å². The molecule has 0 saturated carbocycles. The van der Waals surface area contributed by atoms with Crippen LogP contribution in [0.25, 0.3) is 21.5 Å². The van der Waals surface area contributed by atoms with Crippen molar-refractivity contribution < 1.29 is 0 Å². The van der Waals surface area contributed by atoms with Gasteiger partial charge in [0.1, 0.15) is 0 Å². The summed E-state index contributed by atoms with van der Waals surface area (Å²) in [6, 6.07) is 123. The minimum atomic E-state index is -0.782. The van der Waals surface area contributed by atoms with Crippen molar-refractivity contribution in [1.29, 1.82) is 0 Å². The molecule has 9 nitrogen and oxygen atoms in total. The van der Waals surface area contributed by atoms with Crippen LogP contribution in [0.5, 0.6) is 0 Å². The Bertz CT molecular complexity index is 5280. The van der Waals surface area contributed by atoms with Crippen molar-refractivity contribution in [2.75, 3.05) is 59.0 Å². The van der Waals surface area contributed by atoms with Gasteiger partial charge in [-0.25, -0.2) is 38.9 Å². The van der Waals surface area contributed by atoms with Crippen LogP contribution >= 0.6 is 48.4 Å². The normalized spacial score (nSPS) is 20.3. The maximum absolute atomic E-state index is 3.01. The fraction of sp³-hybridized carbons (Fsp3) is 0.321. The Labute approximate surface area is 749 Å². The van der Waals surface area contributed by atoms with Crippen LogP contribution in [0.4, 0.5) is 0 Å². The lowest BCUT2D eigenvalue weighted by atomic mass is 10.1. The van der Waals surface area contributed by atoms with Crippen LogP contribution in [-0.4, -0.2) is 108 Å². The van der Waals surface area contributed by atoms with Gasteiger partial charge in [-0.05, 0) is 233 Å². The molecule has 6 aliphatic heterocycles. The Hall–Kier alpha value is -7.40. The summed E-state index contributed by atoms with van der Waals surface area (Å²) in [5.74, 6) is 2.17. The lowest BCUT2D eigenvalue weighted by Gasteiger charge is -2.44. The quantitative estimate of drug-likeness (QED) is 0.0549. The molecule has 0 bridgehead atoms. The number of benzene rings is 13. The summed E-state index contributed by atoms with van der Waals surface area (Å²) in [5.41, 5.74) is 16.9. The minimum absolute atomic E-state index is 0.343. The Balaban J connectivity index is 0.000000132. The topological polar surface area (TPSA) is 29.2 Å². The lowest BCUT2D eigenvalue weighted by molar-refractivity contribution is -0.0531. The Kier molecular flexibility index (Phi) is 29.6. The van der Waals surface area contributed by atoms with Gasteiger partial charge in [-0.2, -0.15) is 0 Å². The zero-order valence-electron chi connectivity index (χ0n) is 74.9. The SMILES string of the molecule is CCCCN(P(C)c1ccccc1)P1[C@H](c2ccc3ccccc3c2)N2CCCCN2[C@H]1c1ccc2ccccc2c1.CCCCN(P(c1ccccc1)c1ccccc1)P1[C@H](c2ccc(C)cc2)N2CCCN2[C@H]1c1ccc(C)cc1.Cc1cc(C)cc(P(c2cc(C)cc(C)c2)N(C(C)C)P2[C@H](c3ccccc3)N3CCCCN3[C@H]2c2ccccc2)c1. The summed E-state index contributed by atoms with van der Waals surface area (Å²) in [6.45, 7) is 34.6. The van der Waals surface area contributed by atoms with Crippen molar-refractivity contribution in [1.82, 2.24) is 43.4 Å². The molecule has 0 radical (unpaired) electrons. The van der Waals surface area contributed by atoms with E-state index in [1.807, 2.05) is 0 Å². The molecule has 638 valence electrons. The maximum Gasteiger partial charge on any atom is 0.0847 e. The van der Waals surface area contributed by atoms with Crippen LogP contribution in [0.1, 0.15) is 187 Å². The summed E-state index contributed by atoms with van der Waals surface area (Å²) in [4.78, 5) is 0. The van der Waals surface area contributed by atoms with E-state index in [1.54, 1.807) is 0 Å². The second kappa shape index (κ2) is 41.4. The van der Waals surface area contributed by atoms with Crippen molar-refractivity contribution in [3.63, 3.8) is 0 Å². The summed E-state index contributed by atoms with van der Waals surface area (Å²) in [5, 5.41) is 29.3. The molecule has 0 spiro atoms. The molecule has 7 atom stereocenters. The predicted molar refractivity (Wildman–Crippen MR) is 540 cm³/mol. The third-order valence-corrected chi connectivity index (χ3v) is 44.6. The van der Waals surface area contributed by atoms with E-state index in [1.165, 1.54) is 173 Å². The first-order valence-corrected chi connectivity index (χ1v) is 54.5. The van der Waals surface area contributed by atoms with Crippen molar-refractivity contribution in [3.05, 3.63) is 388 Å². The Morgan fingerprint density at radius 1 is 0.282 bits per heavy atom. The van der Waals surface area contributed by atoms with Crippen molar-refractivity contribution in [3.8, 4) is 0 Å². The lowest BCUT2D eigenvalue weighted by Crippen LogP contribution is -2.43. The fourth-order valence-electron chi connectivity index (χ4n) is 20.0. The van der Waals surface area contributed by atoms with Crippen LogP contribution in [0.2, 0.25) is 0 Å². The molecule has 13 aromatic carbocycles. The molecule has 6 aliphatic rings. The number of fused-ring (bicyclic) bond motifs is 5. The first kappa shape index (κ1) is 88.6. The first-order valence-electron chi connectivity index (χ1n) is 45.8. The van der Waals surface area contributed by atoms with E-state index in [9.17, 15) is 0 Å². The maximum atomic E-state index is 3.01. The van der Waals surface area contributed by atoms with E-state index in [2.05, 4.69) is 441 Å².